The second-order valence-corrected chi connectivity index (χ2v) is 3.86. The van der Waals surface area contributed by atoms with Crippen molar-refractivity contribution in [3.8, 4) is 0 Å². The minimum absolute atomic E-state index is 0.0303. The maximum absolute atomic E-state index is 11.8. The van der Waals surface area contributed by atoms with E-state index < -0.39 is 0 Å². The van der Waals surface area contributed by atoms with Crippen LogP contribution in [0.5, 0.6) is 0 Å². The average molecular weight is 211 g/mol. The van der Waals surface area contributed by atoms with Crippen LogP contribution in [-0.2, 0) is 0 Å². The van der Waals surface area contributed by atoms with Crippen LogP contribution in [0.15, 0.2) is 24.3 Å². The van der Waals surface area contributed by atoms with Crippen molar-refractivity contribution in [2.45, 2.75) is 6.04 Å². The predicted molar refractivity (Wildman–Crippen MR) is 55.3 cm³/mol. The highest BCUT2D eigenvalue weighted by atomic mass is 35.5. The minimum Gasteiger partial charge on any atom is -0.335 e. The summed E-state index contributed by atoms with van der Waals surface area (Å²) in [7, 11) is 0. The van der Waals surface area contributed by atoms with Crippen molar-refractivity contribution in [1.29, 1.82) is 0 Å². The number of nitrogens with zero attached hydrogens (tertiary/aromatic N) is 1. The lowest BCUT2D eigenvalue weighted by atomic mass is 10.1. The molecule has 4 heteroatoms. The van der Waals surface area contributed by atoms with Gasteiger partial charge < -0.3 is 10.6 Å². The molecule has 0 spiro atoms. The Labute approximate surface area is 87.4 Å². The molecular weight excluding hydrogens is 200 g/mol. The van der Waals surface area contributed by atoms with Crippen molar-refractivity contribution in [3.05, 3.63) is 34.9 Å². The van der Waals surface area contributed by atoms with Gasteiger partial charge in [0.25, 0.3) is 5.91 Å². The van der Waals surface area contributed by atoms with Gasteiger partial charge >= 0.3 is 0 Å². The number of hydrogen-bond donors (Lipinski definition) is 1. The Morgan fingerprint density at radius 3 is 2.64 bits per heavy atom. The van der Waals surface area contributed by atoms with Crippen molar-refractivity contribution >= 4 is 17.5 Å². The molecule has 0 radical (unpaired) electrons. The van der Waals surface area contributed by atoms with E-state index in [2.05, 4.69) is 0 Å². The second kappa shape index (κ2) is 3.59. The van der Waals surface area contributed by atoms with Gasteiger partial charge in [-0.15, -0.1) is 0 Å². The molecule has 1 saturated heterocycles. The molecule has 2 N–H and O–H groups in total. The van der Waals surface area contributed by atoms with Crippen LogP contribution in [0, 0.1) is 0 Å². The number of rotatable bonds is 1. The summed E-state index contributed by atoms with van der Waals surface area (Å²) in [5.74, 6) is -0.0303. The number of benzene rings is 1. The Bertz CT molecular complexity index is 361. The average Bonchev–Trinajstić information content (AvgIpc) is 2.13. The maximum Gasteiger partial charge on any atom is 0.255 e. The molecule has 2 rings (SSSR count). The SMILES string of the molecule is NC1CN(C(=O)c2ccccc2Cl)C1. The Morgan fingerprint density at radius 2 is 2.07 bits per heavy atom. The van der Waals surface area contributed by atoms with Gasteiger partial charge in [-0.05, 0) is 12.1 Å². The first-order chi connectivity index (χ1) is 6.68. The van der Waals surface area contributed by atoms with Crippen LogP contribution >= 0.6 is 11.6 Å². The summed E-state index contributed by atoms with van der Waals surface area (Å²) >= 11 is 5.90. The molecule has 1 aromatic carbocycles. The lowest BCUT2D eigenvalue weighted by Gasteiger charge is -2.37. The topological polar surface area (TPSA) is 46.3 Å². The number of likely N-dealkylation sites (tertiary alicyclic amines) is 1. The molecule has 0 unspecified atom stereocenters. The van der Waals surface area contributed by atoms with Gasteiger partial charge in [-0.1, -0.05) is 23.7 Å². The number of nitrogens with two attached hydrogens (primary N) is 1. The first-order valence-electron chi connectivity index (χ1n) is 4.48. The summed E-state index contributed by atoms with van der Waals surface area (Å²) in [5, 5.41) is 0.498. The molecule has 3 nitrogen and oxygen atoms in total. The highest BCUT2D eigenvalue weighted by molar-refractivity contribution is 6.33. The highest BCUT2D eigenvalue weighted by Crippen LogP contribution is 2.19. The van der Waals surface area contributed by atoms with Gasteiger partial charge in [-0.2, -0.15) is 0 Å². The molecule has 1 amide bonds. The van der Waals surface area contributed by atoms with Crippen molar-refractivity contribution in [2.75, 3.05) is 13.1 Å². The van der Waals surface area contributed by atoms with Crippen molar-refractivity contribution < 1.29 is 4.79 Å². The summed E-state index contributed by atoms with van der Waals surface area (Å²) in [6.07, 6.45) is 0. The monoisotopic (exact) mass is 210 g/mol. The first-order valence-corrected chi connectivity index (χ1v) is 4.85. The summed E-state index contributed by atoms with van der Waals surface area (Å²) < 4.78 is 0. The summed E-state index contributed by atoms with van der Waals surface area (Å²) in [4.78, 5) is 13.5. The van der Waals surface area contributed by atoms with E-state index in [4.69, 9.17) is 17.3 Å². The molecule has 0 aliphatic carbocycles. The molecule has 1 aliphatic rings. The Balaban J connectivity index is 2.16. The largest absolute Gasteiger partial charge is 0.335 e. The third-order valence-corrected chi connectivity index (χ3v) is 2.63. The van der Waals surface area contributed by atoms with Crippen LogP contribution in [0.2, 0.25) is 5.02 Å². The molecule has 0 aromatic heterocycles. The fourth-order valence-corrected chi connectivity index (χ4v) is 1.70. The minimum atomic E-state index is -0.0303. The molecule has 0 bridgehead atoms. The Hall–Kier alpha value is -1.06. The van der Waals surface area contributed by atoms with E-state index in [0.29, 0.717) is 23.7 Å². The van der Waals surface area contributed by atoms with Gasteiger partial charge in [0.05, 0.1) is 10.6 Å². The second-order valence-electron chi connectivity index (χ2n) is 3.45. The van der Waals surface area contributed by atoms with E-state index in [1.807, 2.05) is 0 Å². The molecule has 1 fully saturated rings. The number of carbonyl (C=O) groups excluding carboxylic acids is 1. The number of hydrogen-bond acceptors (Lipinski definition) is 2. The van der Waals surface area contributed by atoms with E-state index in [-0.39, 0.29) is 11.9 Å². The molecule has 0 saturated carbocycles. The lowest BCUT2D eigenvalue weighted by molar-refractivity contribution is 0.0608. The standard InChI is InChI=1S/C10H11ClN2O/c11-9-4-2-1-3-8(9)10(14)13-5-7(12)6-13/h1-4,7H,5-6,12H2. The molecule has 1 aliphatic heterocycles. The Kier molecular flexibility index (Phi) is 2.44. The van der Waals surface area contributed by atoms with Crippen LogP contribution < -0.4 is 5.73 Å². The normalized spacial score (nSPS) is 16.6. The van der Waals surface area contributed by atoms with E-state index in [0.717, 1.165) is 0 Å². The molecule has 0 atom stereocenters. The lowest BCUT2D eigenvalue weighted by Crippen LogP contribution is -2.57. The molecule has 1 heterocycles. The van der Waals surface area contributed by atoms with Crippen LogP contribution in [0.1, 0.15) is 10.4 Å². The van der Waals surface area contributed by atoms with E-state index in [1.54, 1.807) is 29.2 Å². The van der Waals surface area contributed by atoms with Gasteiger partial charge in [0.1, 0.15) is 0 Å². The number of halogens is 1. The van der Waals surface area contributed by atoms with Crippen molar-refractivity contribution in [2.24, 2.45) is 5.73 Å². The quantitative estimate of drug-likeness (QED) is 0.755. The number of carbonyl (C=O) groups is 1. The molecule has 74 valence electrons. The Morgan fingerprint density at radius 1 is 1.43 bits per heavy atom. The van der Waals surface area contributed by atoms with E-state index in [1.165, 1.54) is 0 Å². The van der Waals surface area contributed by atoms with Crippen LogP contribution in [0.4, 0.5) is 0 Å². The van der Waals surface area contributed by atoms with Crippen molar-refractivity contribution in [3.63, 3.8) is 0 Å². The van der Waals surface area contributed by atoms with Crippen LogP contribution in [0.25, 0.3) is 0 Å². The molecular formula is C10H11ClN2O. The van der Waals surface area contributed by atoms with Crippen LogP contribution in [0.3, 0.4) is 0 Å². The highest BCUT2D eigenvalue weighted by Gasteiger charge is 2.29. The summed E-state index contributed by atoms with van der Waals surface area (Å²) in [6.45, 7) is 1.26. The summed E-state index contributed by atoms with van der Waals surface area (Å²) in [5.41, 5.74) is 6.15. The zero-order valence-corrected chi connectivity index (χ0v) is 8.37. The van der Waals surface area contributed by atoms with E-state index >= 15 is 0 Å². The fourth-order valence-electron chi connectivity index (χ4n) is 1.48. The zero-order valence-electron chi connectivity index (χ0n) is 7.61. The zero-order chi connectivity index (χ0) is 10.1. The fraction of sp³-hybridized carbons (Fsp3) is 0.300. The first kappa shape index (κ1) is 9.49. The van der Waals surface area contributed by atoms with Gasteiger partial charge in [0.15, 0.2) is 0 Å². The molecule has 1 aromatic rings. The van der Waals surface area contributed by atoms with Gasteiger partial charge in [0.2, 0.25) is 0 Å². The third-order valence-electron chi connectivity index (χ3n) is 2.30. The number of amides is 1. The van der Waals surface area contributed by atoms with E-state index in [9.17, 15) is 4.79 Å². The van der Waals surface area contributed by atoms with Gasteiger partial charge in [-0.25, -0.2) is 0 Å². The van der Waals surface area contributed by atoms with Gasteiger partial charge in [0, 0.05) is 19.1 Å². The summed E-state index contributed by atoms with van der Waals surface area (Å²) in [6, 6.07) is 7.18. The van der Waals surface area contributed by atoms with Crippen LogP contribution in [-0.4, -0.2) is 29.9 Å². The van der Waals surface area contributed by atoms with Crippen molar-refractivity contribution in [1.82, 2.24) is 4.90 Å². The van der Waals surface area contributed by atoms with Gasteiger partial charge in [-0.3, -0.25) is 4.79 Å². The predicted octanol–water partition coefficient (Wildman–Crippen LogP) is 1.12. The third kappa shape index (κ3) is 1.61. The maximum atomic E-state index is 11.8. The molecule has 14 heavy (non-hydrogen) atoms. The smallest absolute Gasteiger partial charge is 0.255 e.